The van der Waals surface area contributed by atoms with Crippen LogP contribution in [0.1, 0.15) is 27.7 Å². The summed E-state index contributed by atoms with van der Waals surface area (Å²) >= 11 is 1.63. The van der Waals surface area contributed by atoms with Crippen LogP contribution in [0.5, 0.6) is 0 Å². The van der Waals surface area contributed by atoms with E-state index in [4.69, 9.17) is 4.74 Å². The molecule has 7 heteroatoms. The minimum absolute atomic E-state index is 0.263. The molecule has 1 aliphatic heterocycles. The van der Waals surface area contributed by atoms with Gasteiger partial charge in [0.05, 0.1) is 6.61 Å². The molecule has 3 aromatic rings. The van der Waals surface area contributed by atoms with Gasteiger partial charge in [-0.1, -0.05) is 30.3 Å². The van der Waals surface area contributed by atoms with E-state index in [0.29, 0.717) is 12.0 Å². The predicted octanol–water partition coefficient (Wildman–Crippen LogP) is 2.97. The largest absolute Gasteiger partial charge is 0.394 e. The summed E-state index contributed by atoms with van der Waals surface area (Å²) in [6.07, 6.45) is -5.21. The molecule has 4 N–H and O–H groups in total. The zero-order valence-corrected chi connectivity index (χ0v) is 17.8. The van der Waals surface area contributed by atoms with Gasteiger partial charge in [-0.3, -0.25) is 0 Å². The first-order chi connectivity index (χ1) is 14.9. The Labute approximate surface area is 184 Å². The smallest absolute Gasteiger partial charge is 0.123 e. The summed E-state index contributed by atoms with van der Waals surface area (Å²) in [6.45, 7) is 1.54. The van der Waals surface area contributed by atoms with Crippen molar-refractivity contribution in [2.75, 3.05) is 6.61 Å². The summed E-state index contributed by atoms with van der Waals surface area (Å²) in [6, 6.07) is 16.2. The summed E-state index contributed by atoms with van der Waals surface area (Å²) in [5.41, 5.74) is 3.75. The third-order valence-corrected chi connectivity index (χ3v) is 6.88. The molecule has 31 heavy (non-hydrogen) atoms. The monoisotopic (exact) mass is 444 g/mol. The van der Waals surface area contributed by atoms with Crippen molar-refractivity contribution in [1.82, 2.24) is 0 Å². The molecular weight excluding hydrogens is 419 g/mol. The maximum Gasteiger partial charge on any atom is 0.123 e. The summed E-state index contributed by atoms with van der Waals surface area (Å²) < 4.78 is 18.9. The van der Waals surface area contributed by atoms with Gasteiger partial charge in [0.2, 0.25) is 0 Å². The van der Waals surface area contributed by atoms with E-state index in [1.807, 2.05) is 37.3 Å². The van der Waals surface area contributed by atoms with Crippen molar-refractivity contribution in [1.29, 1.82) is 0 Å². The number of benzene rings is 2. The van der Waals surface area contributed by atoms with Crippen LogP contribution in [0.3, 0.4) is 0 Å². The molecule has 1 saturated heterocycles. The molecule has 0 amide bonds. The molecule has 0 bridgehead atoms. The van der Waals surface area contributed by atoms with Crippen LogP contribution in [0.15, 0.2) is 54.6 Å². The Kier molecular flexibility index (Phi) is 6.52. The Morgan fingerprint density at radius 2 is 1.68 bits per heavy atom. The van der Waals surface area contributed by atoms with Gasteiger partial charge in [0.15, 0.2) is 0 Å². The van der Waals surface area contributed by atoms with Crippen LogP contribution in [-0.2, 0) is 11.2 Å². The second-order valence-corrected chi connectivity index (χ2v) is 9.05. The Hall–Kier alpha value is -2.13. The van der Waals surface area contributed by atoms with Crippen LogP contribution >= 0.6 is 11.3 Å². The topological polar surface area (TPSA) is 90.2 Å². The zero-order valence-electron chi connectivity index (χ0n) is 17.0. The van der Waals surface area contributed by atoms with Crippen LogP contribution in [0, 0.1) is 12.7 Å². The SMILES string of the molecule is Cc1ccc(C2OC(CO)C(O)C(O)[C@H]2O)cc1Cc1ccc(-c2ccc(F)cc2)s1. The third-order valence-electron chi connectivity index (χ3n) is 5.75. The number of ether oxygens (including phenoxy) is 1. The summed E-state index contributed by atoms with van der Waals surface area (Å²) in [5, 5.41) is 40.0. The Bertz CT molecular complexity index is 1030. The Balaban J connectivity index is 1.57. The number of hydrogen-bond donors (Lipinski definition) is 4. The highest BCUT2D eigenvalue weighted by atomic mass is 32.1. The average molecular weight is 445 g/mol. The highest BCUT2D eigenvalue weighted by molar-refractivity contribution is 7.15. The van der Waals surface area contributed by atoms with Crippen molar-refractivity contribution in [2.45, 2.75) is 43.9 Å². The maximum absolute atomic E-state index is 13.2. The molecule has 0 aliphatic carbocycles. The third kappa shape index (κ3) is 4.57. The lowest BCUT2D eigenvalue weighted by Crippen LogP contribution is -2.55. The number of hydrogen-bond acceptors (Lipinski definition) is 6. The van der Waals surface area contributed by atoms with Crippen molar-refractivity contribution in [2.24, 2.45) is 0 Å². The summed E-state index contributed by atoms with van der Waals surface area (Å²) in [4.78, 5) is 2.19. The van der Waals surface area contributed by atoms with Crippen LogP contribution in [-0.4, -0.2) is 51.4 Å². The van der Waals surface area contributed by atoms with Crippen LogP contribution in [0.2, 0.25) is 0 Å². The van der Waals surface area contributed by atoms with E-state index in [2.05, 4.69) is 0 Å². The number of aliphatic hydroxyl groups excluding tert-OH is 4. The van der Waals surface area contributed by atoms with Gasteiger partial charge >= 0.3 is 0 Å². The van der Waals surface area contributed by atoms with Crippen LogP contribution < -0.4 is 0 Å². The molecule has 1 aromatic heterocycles. The van der Waals surface area contributed by atoms with E-state index in [0.717, 1.165) is 26.4 Å². The first-order valence-electron chi connectivity index (χ1n) is 10.1. The number of halogens is 1. The Morgan fingerprint density at radius 3 is 2.39 bits per heavy atom. The minimum atomic E-state index is -1.41. The average Bonchev–Trinajstić information content (AvgIpc) is 3.23. The Morgan fingerprint density at radius 1 is 0.935 bits per heavy atom. The van der Waals surface area contributed by atoms with Crippen molar-refractivity contribution in [3.05, 3.63) is 82.0 Å². The quantitative estimate of drug-likeness (QED) is 0.486. The molecule has 2 aromatic carbocycles. The van der Waals surface area contributed by atoms with Gasteiger partial charge in [0.25, 0.3) is 0 Å². The van der Waals surface area contributed by atoms with Gasteiger partial charge in [-0.15, -0.1) is 11.3 Å². The lowest BCUT2D eigenvalue weighted by molar-refractivity contribution is -0.231. The normalized spacial score (nSPS) is 26.2. The fraction of sp³-hybridized carbons (Fsp3) is 0.333. The molecule has 0 saturated carbocycles. The van der Waals surface area contributed by atoms with Gasteiger partial charge in [0, 0.05) is 16.2 Å². The van der Waals surface area contributed by atoms with E-state index in [9.17, 15) is 24.8 Å². The van der Waals surface area contributed by atoms with E-state index in [-0.39, 0.29) is 5.82 Å². The molecule has 5 nitrogen and oxygen atoms in total. The molecule has 5 atom stereocenters. The number of aryl methyl sites for hydroxylation is 1. The van der Waals surface area contributed by atoms with Gasteiger partial charge < -0.3 is 25.2 Å². The molecule has 2 heterocycles. The van der Waals surface area contributed by atoms with Crippen molar-refractivity contribution in [3.8, 4) is 10.4 Å². The van der Waals surface area contributed by atoms with E-state index < -0.39 is 37.1 Å². The van der Waals surface area contributed by atoms with Gasteiger partial charge in [0.1, 0.15) is 36.3 Å². The van der Waals surface area contributed by atoms with Gasteiger partial charge in [-0.05, 0) is 53.4 Å². The van der Waals surface area contributed by atoms with E-state index in [1.165, 1.54) is 12.1 Å². The first kappa shape index (κ1) is 22.1. The molecule has 1 fully saturated rings. The van der Waals surface area contributed by atoms with E-state index in [1.54, 1.807) is 23.5 Å². The number of thiophene rings is 1. The fourth-order valence-corrected chi connectivity index (χ4v) is 4.90. The number of aliphatic hydroxyl groups is 4. The first-order valence-corrected chi connectivity index (χ1v) is 10.9. The predicted molar refractivity (Wildman–Crippen MR) is 116 cm³/mol. The molecule has 4 rings (SSSR count). The van der Waals surface area contributed by atoms with Crippen molar-refractivity contribution >= 4 is 11.3 Å². The lowest BCUT2D eigenvalue weighted by atomic mass is 9.89. The lowest BCUT2D eigenvalue weighted by Gasteiger charge is -2.40. The fourth-order valence-electron chi connectivity index (χ4n) is 3.87. The molecule has 0 radical (unpaired) electrons. The van der Waals surface area contributed by atoms with Crippen LogP contribution in [0.25, 0.3) is 10.4 Å². The van der Waals surface area contributed by atoms with Gasteiger partial charge in [-0.2, -0.15) is 0 Å². The van der Waals surface area contributed by atoms with Crippen molar-refractivity contribution < 1.29 is 29.6 Å². The van der Waals surface area contributed by atoms with Crippen LogP contribution in [0.4, 0.5) is 4.39 Å². The second-order valence-electron chi connectivity index (χ2n) is 7.89. The van der Waals surface area contributed by atoms with E-state index >= 15 is 0 Å². The molecule has 164 valence electrons. The molecule has 1 aliphatic rings. The summed E-state index contributed by atoms with van der Waals surface area (Å²) in [7, 11) is 0. The standard InChI is InChI=1S/C24H25FO5S/c1-13-2-3-15(24-23(29)22(28)21(27)19(12-26)30-24)10-16(13)11-18-8-9-20(31-18)14-4-6-17(25)7-5-14/h2-10,19,21-24,26-29H,11-12H2,1H3/t19?,21?,22?,23-,24?/m1/s1. The zero-order chi connectivity index (χ0) is 22.1. The molecule has 4 unspecified atom stereocenters. The highest BCUT2D eigenvalue weighted by Crippen LogP contribution is 2.35. The molecular formula is C24H25FO5S. The minimum Gasteiger partial charge on any atom is -0.394 e. The maximum atomic E-state index is 13.2. The molecule has 0 spiro atoms. The van der Waals surface area contributed by atoms with Gasteiger partial charge in [-0.25, -0.2) is 4.39 Å². The number of rotatable bonds is 5. The van der Waals surface area contributed by atoms with Crippen molar-refractivity contribution in [3.63, 3.8) is 0 Å². The highest BCUT2D eigenvalue weighted by Gasteiger charge is 2.43. The summed E-state index contributed by atoms with van der Waals surface area (Å²) in [5.74, 6) is -0.263. The second kappa shape index (κ2) is 9.16.